The molecule has 2 N–H and O–H groups in total. The molecule has 0 saturated carbocycles. The first kappa shape index (κ1) is 11.5. The number of aryl methyl sites for hydroxylation is 1. The van der Waals surface area contributed by atoms with Crippen LogP contribution >= 0.6 is 0 Å². The Morgan fingerprint density at radius 2 is 2.13 bits per heavy atom. The Labute approximate surface area is 88.1 Å². The van der Waals surface area contributed by atoms with E-state index in [0.717, 1.165) is 5.56 Å². The summed E-state index contributed by atoms with van der Waals surface area (Å²) in [6.07, 6.45) is -1.34. The molecular weight excluding hydrogens is 196 g/mol. The fraction of sp³-hybridized carbons (Fsp3) is 0.364. The maximum Gasteiger partial charge on any atom is 0.339 e. The van der Waals surface area contributed by atoms with E-state index < -0.39 is 12.1 Å². The predicted octanol–water partition coefficient (Wildman–Crippen LogP) is 1.30. The maximum absolute atomic E-state index is 11.2. The van der Waals surface area contributed by atoms with Crippen molar-refractivity contribution in [1.82, 2.24) is 0 Å². The fourth-order valence-electron chi connectivity index (χ4n) is 1.31. The van der Waals surface area contributed by atoms with Crippen molar-refractivity contribution >= 4 is 5.97 Å². The molecule has 4 heteroatoms. The number of benzene rings is 1. The van der Waals surface area contributed by atoms with Gasteiger partial charge in [-0.1, -0.05) is 6.07 Å². The zero-order valence-electron chi connectivity index (χ0n) is 8.73. The van der Waals surface area contributed by atoms with Gasteiger partial charge in [-0.3, -0.25) is 0 Å². The van der Waals surface area contributed by atoms with Gasteiger partial charge in [-0.15, -0.1) is 0 Å². The molecule has 1 unspecified atom stereocenters. The van der Waals surface area contributed by atoms with Crippen molar-refractivity contribution in [3.63, 3.8) is 0 Å². The van der Waals surface area contributed by atoms with E-state index in [2.05, 4.69) is 4.74 Å². The molecule has 0 aliphatic rings. The van der Waals surface area contributed by atoms with E-state index in [0.29, 0.717) is 5.56 Å². The van der Waals surface area contributed by atoms with E-state index in [4.69, 9.17) is 0 Å². The van der Waals surface area contributed by atoms with E-state index in [1.807, 2.05) is 0 Å². The number of carbonyl (C=O) groups excluding carboxylic acids is 1. The third kappa shape index (κ3) is 2.95. The number of aliphatic hydroxyl groups excluding tert-OH is 1. The van der Waals surface area contributed by atoms with Crippen LogP contribution in [0.15, 0.2) is 18.2 Å². The smallest absolute Gasteiger partial charge is 0.339 e. The van der Waals surface area contributed by atoms with Gasteiger partial charge in [0, 0.05) is 0 Å². The topological polar surface area (TPSA) is 66.8 Å². The number of aliphatic hydroxyl groups is 1. The summed E-state index contributed by atoms with van der Waals surface area (Å²) in [6.45, 7) is 3.65. The Bertz CT molecular complexity index is 339. The lowest BCUT2D eigenvalue weighted by molar-refractivity contribution is -0.153. The van der Waals surface area contributed by atoms with E-state index in [9.17, 15) is 15.0 Å². The molecule has 0 aromatic heterocycles. The van der Waals surface area contributed by atoms with Crippen molar-refractivity contribution < 1.29 is 19.7 Å². The molecule has 0 amide bonds. The average Bonchev–Trinajstić information content (AvgIpc) is 2.15. The Kier molecular flexibility index (Phi) is 3.68. The van der Waals surface area contributed by atoms with Crippen molar-refractivity contribution in [2.24, 2.45) is 0 Å². The van der Waals surface area contributed by atoms with E-state index >= 15 is 0 Å². The lowest BCUT2D eigenvalue weighted by Crippen LogP contribution is -2.15. The molecule has 82 valence electrons. The molecule has 0 aliphatic heterocycles. The van der Waals surface area contributed by atoms with Crippen LogP contribution in [-0.2, 0) is 9.53 Å². The van der Waals surface area contributed by atoms with Crippen LogP contribution in [-0.4, -0.2) is 22.8 Å². The number of rotatable bonds is 3. The van der Waals surface area contributed by atoms with Crippen LogP contribution in [0.1, 0.15) is 24.2 Å². The highest BCUT2D eigenvalue weighted by Crippen LogP contribution is 2.21. The summed E-state index contributed by atoms with van der Waals surface area (Å²) < 4.78 is 4.67. The highest BCUT2D eigenvalue weighted by molar-refractivity contribution is 5.76. The number of carbonyl (C=O) groups is 1. The van der Waals surface area contributed by atoms with Crippen molar-refractivity contribution in [2.75, 3.05) is 6.61 Å². The van der Waals surface area contributed by atoms with Gasteiger partial charge in [-0.25, -0.2) is 4.79 Å². The van der Waals surface area contributed by atoms with E-state index in [1.165, 1.54) is 6.07 Å². The number of phenolic OH excluding ortho intramolecular Hbond substituents is 1. The molecule has 15 heavy (non-hydrogen) atoms. The van der Waals surface area contributed by atoms with Gasteiger partial charge < -0.3 is 14.9 Å². The molecule has 0 saturated heterocycles. The quantitative estimate of drug-likeness (QED) is 0.738. The Morgan fingerprint density at radius 3 is 2.67 bits per heavy atom. The molecule has 0 fully saturated rings. The van der Waals surface area contributed by atoms with Crippen molar-refractivity contribution in [1.29, 1.82) is 0 Å². The second kappa shape index (κ2) is 4.79. The average molecular weight is 210 g/mol. The van der Waals surface area contributed by atoms with Gasteiger partial charge in [-0.2, -0.15) is 0 Å². The number of hydrogen-bond acceptors (Lipinski definition) is 4. The zero-order valence-corrected chi connectivity index (χ0v) is 8.73. The molecule has 0 aliphatic carbocycles. The van der Waals surface area contributed by atoms with E-state index in [1.54, 1.807) is 26.0 Å². The molecule has 0 heterocycles. The van der Waals surface area contributed by atoms with Gasteiger partial charge in [0.1, 0.15) is 5.75 Å². The fourth-order valence-corrected chi connectivity index (χ4v) is 1.31. The van der Waals surface area contributed by atoms with Gasteiger partial charge in [0.2, 0.25) is 0 Å². The van der Waals surface area contributed by atoms with Crippen LogP contribution in [0, 0.1) is 6.92 Å². The summed E-state index contributed by atoms with van der Waals surface area (Å²) in [5, 5.41) is 18.9. The second-order valence-electron chi connectivity index (χ2n) is 3.26. The third-order valence-corrected chi connectivity index (χ3v) is 1.91. The maximum atomic E-state index is 11.2. The number of esters is 1. The molecule has 0 bridgehead atoms. The minimum absolute atomic E-state index is 0.0216. The Morgan fingerprint density at radius 1 is 1.47 bits per heavy atom. The summed E-state index contributed by atoms with van der Waals surface area (Å²) in [6, 6.07) is 4.51. The van der Waals surface area contributed by atoms with Crippen LogP contribution in [0.25, 0.3) is 0 Å². The molecule has 0 spiro atoms. The lowest BCUT2D eigenvalue weighted by Gasteiger charge is -2.10. The normalized spacial score (nSPS) is 12.2. The SMILES string of the molecule is CCOC(=O)C(O)c1cc(C)cc(O)c1. The van der Waals surface area contributed by atoms with Gasteiger partial charge >= 0.3 is 5.97 Å². The first-order chi connectivity index (χ1) is 7.04. The molecular formula is C11H14O4. The summed E-state index contributed by atoms with van der Waals surface area (Å²) in [5.74, 6) is -0.684. The third-order valence-electron chi connectivity index (χ3n) is 1.91. The number of aromatic hydroxyl groups is 1. The summed E-state index contributed by atoms with van der Waals surface area (Å²) >= 11 is 0. The van der Waals surface area contributed by atoms with Gasteiger partial charge in [0.15, 0.2) is 6.10 Å². The first-order valence-corrected chi connectivity index (χ1v) is 4.70. The second-order valence-corrected chi connectivity index (χ2v) is 3.26. The summed E-state index contributed by atoms with van der Waals surface area (Å²) in [4.78, 5) is 11.2. The standard InChI is InChI=1S/C11H14O4/c1-3-15-11(14)10(13)8-4-7(2)5-9(12)6-8/h4-6,10,12-13H,3H2,1-2H3. The highest BCUT2D eigenvalue weighted by Gasteiger charge is 2.19. The van der Waals surface area contributed by atoms with Gasteiger partial charge in [0.25, 0.3) is 0 Å². The van der Waals surface area contributed by atoms with Crippen LogP contribution in [0.5, 0.6) is 5.75 Å². The summed E-state index contributed by atoms with van der Waals surface area (Å²) in [5.41, 5.74) is 1.11. The molecule has 0 radical (unpaired) electrons. The predicted molar refractivity (Wildman–Crippen MR) is 54.4 cm³/mol. The van der Waals surface area contributed by atoms with Crippen LogP contribution in [0.3, 0.4) is 0 Å². The number of ether oxygens (including phenoxy) is 1. The number of hydrogen-bond donors (Lipinski definition) is 2. The van der Waals surface area contributed by atoms with Crippen molar-refractivity contribution in [3.8, 4) is 5.75 Å². The van der Waals surface area contributed by atoms with Crippen molar-refractivity contribution in [3.05, 3.63) is 29.3 Å². The molecule has 1 aromatic rings. The molecule has 4 nitrogen and oxygen atoms in total. The van der Waals surface area contributed by atoms with Gasteiger partial charge in [0.05, 0.1) is 6.61 Å². The Balaban J connectivity index is 2.90. The first-order valence-electron chi connectivity index (χ1n) is 4.70. The minimum Gasteiger partial charge on any atom is -0.508 e. The van der Waals surface area contributed by atoms with Gasteiger partial charge in [-0.05, 0) is 37.1 Å². The minimum atomic E-state index is -1.34. The monoisotopic (exact) mass is 210 g/mol. The largest absolute Gasteiger partial charge is 0.508 e. The highest BCUT2D eigenvalue weighted by atomic mass is 16.5. The number of phenols is 1. The summed E-state index contributed by atoms with van der Waals surface area (Å²) in [7, 11) is 0. The zero-order chi connectivity index (χ0) is 11.4. The van der Waals surface area contributed by atoms with Crippen LogP contribution < -0.4 is 0 Å². The van der Waals surface area contributed by atoms with Crippen LogP contribution in [0.4, 0.5) is 0 Å². The Hall–Kier alpha value is -1.55. The molecule has 1 rings (SSSR count). The van der Waals surface area contributed by atoms with Crippen molar-refractivity contribution in [2.45, 2.75) is 20.0 Å². The molecule has 1 atom stereocenters. The van der Waals surface area contributed by atoms with Crippen LogP contribution in [0.2, 0.25) is 0 Å². The van der Waals surface area contributed by atoms with E-state index in [-0.39, 0.29) is 12.4 Å². The molecule has 1 aromatic carbocycles. The lowest BCUT2D eigenvalue weighted by atomic mass is 10.1.